The zero-order valence-electron chi connectivity index (χ0n) is 12.0. The van der Waals surface area contributed by atoms with Gasteiger partial charge in [0, 0.05) is 8.07 Å². The second-order valence-corrected chi connectivity index (χ2v) is 23.9. The third kappa shape index (κ3) is 5.23. The Kier molecular flexibility index (Phi) is 4.80. The van der Waals surface area contributed by atoms with Gasteiger partial charge < -0.3 is 4.43 Å². The van der Waals surface area contributed by atoms with Gasteiger partial charge in [0.1, 0.15) is 5.75 Å². The summed E-state index contributed by atoms with van der Waals surface area (Å²) in [6.07, 6.45) is 0. The molecule has 95 valence electrons. The van der Waals surface area contributed by atoms with Crippen molar-refractivity contribution in [3.05, 3.63) is 30.3 Å². The van der Waals surface area contributed by atoms with Gasteiger partial charge in [0.15, 0.2) is 0 Å². The molecule has 0 aliphatic heterocycles. The van der Waals surface area contributed by atoms with E-state index in [2.05, 4.69) is 63.5 Å². The highest BCUT2D eigenvalue weighted by atomic mass is 29.2. The molecule has 0 aromatic heterocycles. The molecule has 1 nitrogen and oxygen atoms in total. The fourth-order valence-corrected chi connectivity index (χ4v) is 20.3. The number of rotatable bonds is 5. The van der Waals surface area contributed by atoms with Crippen LogP contribution >= 0.6 is 0 Å². The Morgan fingerprint density at radius 2 is 1.53 bits per heavy atom. The summed E-state index contributed by atoms with van der Waals surface area (Å²) < 4.78 is 6.32. The van der Waals surface area contributed by atoms with E-state index in [1.165, 1.54) is 5.67 Å². The predicted octanol–water partition coefficient (Wildman–Crippen LogP) is 4.35. The summed E-state index contributed by atoms with van der Waals surface area (Å²) in [6.45, 7) is 14.6. The summed E-state index contributed by atoms with van der Waals surface area (Å²) in [5.74, 6) is 1.06. The van der Waals surface area contributed by atoms with Crippen LogP contribution in [0.25, 0.3) is 0 Å². The molecule has 1 aromatic carbocycles. The monoisotopic (exact) mass is 281 g/mol. The molecule has 0 amide bonds. The minimum atomic E-state index is -1.52. The van der Waals surface area contributed by atoms with E-state index in [0.29, 0.717) is 0 Å². The Labute approximate surface area is 110 Å². The van der Waals surface area contributed by atoms with E-state index in [4.69, 9.17) is 4.43 Å². The smallest absolute Gasteiger partial charge is 0.226 e. The maximum Gasteiger partial charge on any atom is 0.226 e. The highest BCUT2D eigenvalue weighted by Gasteiger charge is 2.36. The third-order valence-electron chi connectivity index (χ3n) is 2.94. The number of hydrogen-bond donors (Lipinski definition) is 0. The minimum absolute atomic E-state index is 0.342. The van der Waals surface area contributed by atoms with Crippen LogP contribution in [-0.4, -0.2) is 24.2 Å². The minimum Gasteiger partial charge on any atom is -0.547 e. The van der Waals surface area contributed by atoms with Crippen LogP contribution in [0.4, 0.5) is 0 Å². The predicted molar refractivity (Wildman–Crippen MR) is 84.3 cm³/mol. The molecule has 1 radical (unpaired) electrons. The van der Waals surface area contributed by atoms with Gasteiger partial charge in [-0.2, -0.15) is 0 Å². The Bertz CT molecular complexity index is 343. The van der Waals surface area contributed by atoms with Crippen molar-refractivity contribution < 1.29 is 4.43 Å². The van der Waals surface area contributed by atoms with Gasteiger partial charge in [-0.25, -0.2) is 0 Å². The molecule has 0 N–H and O–H groups in total. The average Bonchev–Trinajstić information content (AvgIpc) is 2.15. The molecular formula is C13H25OSi3. The molecular weight excluding hydrogens is 256 g/mol. The van der Waals surface area contributed by atoms with Crippen LogP contribution in [0.1, 0.15) is 0 Å². The number of para-hydroxylation sites is 1. The van der Waals surface area contributed by atoms with Crippen LogP contribution in [0.3, 0.4) is 0 Å². The summed E-state index contributed by atoms with van der Waals surface area (Å²) in [4.78, 5) is 0. The summed E-state index contributed by atoms with van der Waals surface area (Å²) in [6, 6.07) is 10.3. The topological polar surface area (TPSA) is 9.23 Å². The zero-order valence-corrected chi connectivity index (χ0v) is 15.0. The van der Waals surface area contributed by atoms with E-state index in [9.17, 15) is 0 Å². The first-order valence-corrected chi connectivity index (χ1v) is 16.1. The van der Waals surface area contributed by atoms with E-state index >= 15 is 0 Å². The molecule has 0 saturated heterocycles. The first-order valence-electron chi connectivity index (χ1n) is 6.28. The second kappa shape index (κ2) is 5.54. The molecule has 0 unspecified atom stereocenters. The van der Waals surface area contributed by atoms with Crippen molar-refractivity contribution >= 4 is 24.2 Å². The number of hydrogen-bond acceptors (Lipinski definition) is 1. The SMILES string of the molecule is C[Si](C[Si](C)(C)C)[Si](C)(C)Oc1ccccc1. The van der Waals surface area contributed by atoms with E-state index < -0.39 is 15.9 Å². The Morgan fingerprint density at radius 3 is 2.00 bits per heavy atom. The highest BCUT2D eigenvalue weighted by Crippen LogP contribution is 2.22. The fourth-order valence-electron chi connectivity index (χ4n) is 1.88. The van der Waals surface area contributed by atoms with E-state index in [1.54, 1.807) is 0 Å². The van der Waals surface area contributed by atoms with Crippen molar-refractivity contribution in [3.8, 4) is 5.75 Å². The normalized spacial score (nSPS) is 12.9. The van der Waals surface area contributed by atoms with Gasteiger partial charge >= 0.3 is 0 Å². The molecule has 1 rings (SSSR count). The van der Waals surface area contributed by atoms with Crippen LogP contribution in [0.5, 0.6) is 5.75 Å². The molecule has 0 heterocycles. The Balaban J connectivity index is 2.68. The van der Waals surface area contributed by atoms with Gasteiger partial charge in [-0.15, -0.1) is 0 Å². The van der Waals surface area contributed by atoms with Crippen molar-refractivity contribution in [1.29, 1.82) is 0 Å². The first kappa shape index (κ1) is 14.7. The van der Waals surface area contributed by atoms with Gasteiger partial charge in [0.2, 0.25) is 7.83 Å². The van der Waals surface area contributed by atoms with Crippen LogP contribution in [0, 0.1) is 0 Å². The molecule has 0 bridgehead atoms. The lowest BCUT2D eigenvalue weighted by atomic mass is 10.3. The maximum absolute atomic E-state index is 6.32. The lowest BCUT2D eigenvalue weighted by Crippen LogP contribution is -2.52. The molecule has 17 heavy (non-hydrogen) atoms. The van der Waals surface area contributed by atoms with Gasteiger partial charge in [-0.3, -0.25) is 0 Å². The van der Waals surface area contributed by atoms with Crippen molar-refractivity contribution in [2.45, 2.75) is 44.9 Å². The van der Waals surface area contributed by atoms with Crippen LogP contribution in [0.15, 0.2) is 30.3 Å². The van der Waals surface area contributed by atoms with E-state index in [-0.39, 0.29) is 8.31 Å². The van der Waals surface area contributed by atoms with Crippen LogP contribution in [-0.2, 0) is 0 Å². The average molecular weight is 282 g/mol. The standard InChI is InChI=1S/C13H25OSi3/c1-15(12-16(2,3)4)17(5,6)14-13-10-8-7-9-11-13/h7-11H,12H2,1-6H3. The summed E-state index contributed by atoms with van der Waals surface area (Å²) in [7, 11) is -2.81. The zero-order chi connectivity index (χ0) is 13.1. The first-order chi connectivity index (χ1) is 7.71. The van der Waals surface area contributed by atoms with Crippen molar-refractivity contribution in [2.24, 2.45) is 0 Å². The van der Waals surface area contributed by atoms with Gasteiger partial charge in [-0.1, -0.05) is 50.1 Å². The quantitative estimate of drug-likeness (QED) is 0.729. The largest absolute Gasteiger partial charge is 0.547 e. The van der Waals surface area contributed by atoms with E-state index in [0.717, 1.165) is 5.75 Å². The Morgan fingerprint density at radius 1 is 1.00 bits per heavy atom. The molecule has 0 saturated carbocycles. The van der Waals surface area contributed by atoms with Gasteiger partial charge in [-0.05, 0) is 25.2 Å². The fraction of sp³-hybridized carbons (Fsp3) is 0.538. The van der Waals surface area contributed by atoms with Gasteiger partial charge in [0.05, 0.1) is 8.31 Å². The van der Waals surface area contributed by atoms with Crippen LogP contribution in [0.2, 0.25) is 44.9 Å². The Hall–Kier alpha value is -0.329. The maximum atomic E-state index is 6.32. The van der Waals surface area contributed by atoms with Crippen molar-refractivity contribution in [3.63, 3.8) is 0 Å². The summed E-state index contributed by atoms with van der Waals surface area (Å²) in [5, 5.41) is 0. The number of benzene rings is 1. The lowest BCUT2D eigenvalue weighted by Gasteiger charge is -2.32. The van der Waals surface area contributed by atoms with Crippen molar-refractivity contribution in [1.82, 2.24) is 0 Å². The second-order valence-electron chi connectivity index (χ2n) is 6.44. The molecule has 0 aliphatic rings. The summed E-state index contributed by atoms with van der Waals surface area (Å²) in [5.41, 5.74) is 1.46. The lowest BCUT2D eigenvalue weighted by molar-refractivity contribution is 0.569. The molecule has 4 heteroatoms. The molecule has 0 fully saturated rings. The molecule has 0 aliphatic carbocycles. The highest BCUT2D eigenvalue weighted by molar-refractivity contribution is 7.31. The molecule has 0 spiro atoms. The molecule has 0 atom stereocenters. The van der Waals surface area contributed by atoms with Crippen LogP contribution < -0.4 is 4.43 Å². The van der Waals surface area contributed by atoms with Crippen molar-refractivity contribution in [2.75, 3.05) is 0 Å². The van der Waals surface area contributed by atoms with E-state index in [1.807, 2.05) is 6.07 Å². The molecule has 1 aromatic rings. The van der Waals surface area contributed by atoms with Gasteiger partial charge in [0.25, 0.3) is 0 Å². The summed E-state index contributed by atoms with van der Waals surface area (Å²) >= 11 is 0. The third-order valence-corrected chi connectivity index (χ3v) is 20.2.